The first-order chi connectivity index (χ1) is 9.63. The average molecular weight is 277 g/mol. The number of hydrogen-bond acceptors (Lipinski definition) is 4. The van der Waals surface area contributed by atoms with Crippen LogP contribution in [0.1, 0.15) is 24.0 Å². The zero-order valence-electron chi connectivity index (χ0n) is 12.9. The Balaban J connectivity index is 2.00. The maximum atomic E-state index is 5.73. The Labute approximate surface area is 122 Å². The van der Waals surface area contributed by atoms with E-state index in [-0.39, 0.29) is 0 Å². The molecule has 0 radical (unpaired) electrons. The molecule has 2 rings (SSSR count). The molecule has 4 nitrogen and oxygen atoms in total. The first-order valence-electron chi connectivity index (χ1n) is 7.38. The Hall–Kier alpha value is -1.10. The van der Waals surface area contributed by atoms with Crippen LogP contribution in [0.25, 0.3) is 0 Å². The second-order valence-corrected chi connectivity index (χ2v) is 5.82. The number of rotatable bonds is 5. The number of likely N-dealkylation sites (tertiary alicyclic amines) is 1. The molecular weight excluding hydrogens is 250 g/mol. The van der Waals surface area contributed by atoms with E-state index in [9.17, 15) is 0 Å². The zero-order valence-corrected chi connectivity index (χ0v) is 12.9. The molecule has 1 aromatic rings. The largest absolute Gasteiger partial charge is 0.496 e. The molecule has 0 aromatic heterocycles. The van der Waals surface area contributed by atoms with Crippen molar-refractivity contribution in [2.45, 2.75) is 32.0 Å². The highest BCUT2D eigenvalue weighted by atomic mass is 16.5. The first kappa shape index (κ1) is 15.3. The molecule has 1 aromatic carbocycles. The Kier molecular flexibility index (Phi) is 5.40. The Morgan fingerprint density at radius 1 is 1.30 bits per heavy atom. The molecule has 112 valence electrons. The summed E-state index contributed by atoms with van der Waals surface area (Å²) in [5, 5.41) is 0. The Morgan fingerprint density at radius 3 is 2.55 bits per heavy atom. The van der Waals surface area contributed by atoms with Crippen LogP contribution in [-0.2, 0) is 13.1 Å². The summed E-state index contributed by atoms with van der Waals surface area (Å²) in [6, 6.07) is 6.98. The van der Waals surface area contributed by atoms with Gasteiger partial charge in [0.2, 0.25) is 0 Å². The van der Waals surface area contributed by atoms with Crippen molar-refractivity contribution in [1.82, 2.24) is 9.80 Å². The third-order valence-electron chi connectivity index (χ3n) is 4.26. The maximum absolute atomic E-state index is 5.73. The first-order valence-corrected chi connectivity index (χ1v) is 7.38. The van der Waals surface area contributed by atoms with Crippen LogP contribution in [-0.4, -0.2) is 50.1 Å². The van der Waals surface area contributed by atoms with Gasteiger partial charge in [-0.25, -0.2) is 0 Å². The van der Waals surface area contributed by atoms with E-state index in [0.717, 1.165) is 31.4 Å². The van der Waals surface area contributed by atoms with Crippen molar-refractivity contribution >= 4 is 0 Å². The number of benzene rings is 1. The topological polar surface area (TPSA) is 41.7 Å². The molecule has 1 heterocycles. The summed E-state index contributed by atoms with van der Waals surface area (Å²) >= 11 is 0. The quantitative estimate of drug-likeness (QED) is 0.889. The molecular formula is C16H27N3O. The summed E-state index contributed by atoms with van der Waals surface area (Å²) in [6.45, 7) is 3.84. The van der Waals surface area contributed by atoms with E-state index in [4.69, 9.17) is 10.5 Å². The molecule has 1 saturated heterocycles. The van der Waals surface area contributed by atoms with Gasteiger partial charge in [-0.15, -0.1) is 0 Å². The van der Waals surface area contributed by atoms with Gasteiger partial charge in [0.1, 0.15) is 5.75 Å². The molecule has 20 heavy (non-hydrogen) atoms. The van der Waals surface area contributed by atoms with Gasteiger partial charge in [-0.1, -0.05) is 6.07 Å². The maximum Gasteiger partial charge on any atom is 0.123 e. The minimum absolute atomic E-state index is 0.583. The standard InChI is InChI=1S/C16H27N3O/c1-18(2)15-6-8-19(9-7-15)12-14-10-13(11-17)4-5-16(14)20-3/h4-5,10,15H,6-9,11-12,17H2,1-3H3. The van der Waals surface area contributed by atoms with E-state index in [1.807, 2.05) is 12.1 Å². The van der Waals surface area contributed by atoms with Crippen molar-refractivity contribution in [2.75, 3.05) is 34.3 Å². The van der Waals surface area contributed by atoms with Crippen LogP contribution in [0.2, 0.25) is 0 Å². The van der Waals surface area contributed by atoms with E-state index in [0.29, 0.717) is 6.54 Å². The molecule has 0 amide bonds. The predicted octanol–water partition coefficient (Wildman–Crippen LogP) is 1.68. The second kappa shape index (κ2) is 7.07. The highest BCUT2D eigenvalue weighted by Crippen LogP contribution is 2.24. The number of ether oxygens (including phenoxy) is 1. The van der Waals surface area contributed by atoms with Crippen LogP contribution in [0.15, 0.2) is 18.2 Å². The fourth-order valence-corrected chi connectivity index (χ4v) is 2.92. The smallest absolute Gasteiger partial charge is 0.123 e. The summed E-state index contributed by atoms with van der Waals surface area (Å²) in [7, 11) is 6.08. The number of hydrogen-bond donors (Lipinski definition) is 1. The third kappa shape index (κ3) is 3.72. The molecule has 2 N–H and O–H groups in total. The number of methoxy groups -OCH3 is 1. The zero-order chi connectivity index (χ0) is 14.5. The van der Waals surface area contributed by atoms with Crippen LogP contribution >= 0.6 is 0 Å². The van der Waals surface area contributed by atoms with Gasteiger partial charge in [-0.05, 0) is 57.7 Å². The lowest BCUT2D eigenvalue weighted by Gasteiger charge is -2.35. The SMILES string of the molecule is COc1ccc(CN)cc1CN1CCC(N(C)C)CC1. The molecule has 0 unspecified atom stereocenters. The number of piperidine rings is 1. The van der Waals surface area contributed by atoms with Crippen molar-refractivity contribution < 1.29 is 4.74 Å². The van der Waals surface area contributed by atoms with Crippen LogP contribution in [0, 0.1) is 0 Å². The van der Waals surface area contributed by atoms with Crippen LogP contribution in [0.3, 0.4) is 0 Å². The normalized spacial score (nSPS) is 17.6. The monoisotopic (exact) mass is 277 g/mol. The molecule has 1 fully saturated rings. The molecule has 4 heteroatoms. The highest BCUT2D eigenvalue weighted by molar-refractivity contribution is 5.37. The Bertz CT molecular complexity index is 426. The van der Waals surface area contributed by atoms with E-state index in [1.165, 1.54) is 24.0 Å². The van der Waals surface area contributed by atoms with E-state index >= 15 is 0 Å². The Morgan fingerprint density at radius 2 is 2.00 bits per heavy atom. The van der Waals surface area contributed by atoms with Gasteiger partial charge in [0.05, 0.1) is 7.11 Å². The molecule has 1 aliphatic rings. The minimum atomic E-state index is 0.583. The molecule has 0 aliphatic carbocycles. The fourth-order valence-electron chi connectivity index (χ4n) is 2.92. The van der Waals surface area contributed by atoms with Crippen molar-refractivity contribution in [3.63, 3.8) is 0 Å². The van der Waals surface area contributed by atoms with E-state index in [2.05, 4.69) is 30.0 Å². The van der Waals surface area contributed by atoms with Crippen LogP contribution in [0.5, 0.6) is 5.75 Å². The van der Waals surface area contributed by atoms with Crippen molar-refractivity contribution in [3.05, 3.63) is 29.3 Å². The molecule has 0 atom stereocenters. The predicted molar refractivity (Wildman–Crippen MR) is 82.9 cm³/mol. The van der Waals surface area contributed by atoms with Gasteiger partial charge in [0, 0.05) is 24.7 Å². The van der Waals surface area contributed by atoms with Gasteiger partial charge in [-0.2, -0.15) is 0 Å². The fraction of sp³-hybridized carbons (Fsp3) is 0.625. The summed E-state index contributed by atoms with van der Waals surface area (Å²) in [5.41, 5.74) is 8.15. The lowest BCUT2D eigenvalue weighted by molar-refractivity contribution is 0.139. The minimum Gasteiger partial charge on any atom is -0.496 e. The summed E-state index contributed by atoms with van der Waals surface area (Å²) in [6.07, 6.45) is 2.48. The third-order valence-corrected chi connectivity index (χ3v) is 4.26. The van der Waals surface area contributed by atoms with Gasteiger partial charge >= 0.3 is 0 Å². The van der Waals surface area contributed by atoms with E-state index < -0.39 is 0 Å². The number of nitrogens with zero attached hydrogens (tertiary/aromatic N) is 2. The highest BCUT2D eigenvalue weighted by Gasteiger charge is 2.21. The average Bonchev–Trinajstić information content (AvgIpc) is 2.47. The molecule has 1 aliphatic heterocycles. The van der Waals surface area contributed by atoms with Crippen molar-refractivity contribution in [2.24, 2.45) is 5.73 Å². The molecule has 0 saturated carbocycles. The van der Waals surface area contributed by atoms with Gasteiger partial charge < -0.3 is 15.4 Å². The van der Waals surface area contributed by atoms with Crippen LogP contribution in [0.4, 0.5) is 0 Å². The molecule has 0 spiro atoms. The second-order valence-electron chi connectivity index (χ2n) is 5.82. The lowest BCUT2D eigenvalue weighted by Crippen LogP contribution is -2.41. The molecule has 0 bridgehead atoms. The van der Waals surface area contributed by atoms with E-state index in [1.54, 1.807) is 7.11 Å². The summed E-state index contributed by atoms with van der Waals surface area (Å²) in [4.78, 5) is 4.85. The van der Waals surface area contributed by atoms with Gasteiger partial charge in [0.25, 0.3) is 0 Å². The summed E-state index contributed by atoms with van der Waals surface area (Å²) in [5.74, 6) is 0.969. The lowest BCUT2D eigenvalue weighted by atomic mass is 10.0. The van der Waals surface area contributed by atoms with Gasteiger partial charge in [0.15, 0.2) is 0 Å². The van der Waals surface area contributed by atoms with Crippen molar-refractivity contribution in [1.29, 1.82) is 0 Å². The van der Waals surface area contributed by atoms with Crippen LogP contribution < -0.4 is 10.5 Å². The summed E-state index contributed by atoms with van der Waals surface area (Å²) < 4.78 is 5.47. The number of nitrogens with two attached hydrogens (primary N) is 1. The van der Waals surface area contributed by atoms with Gasteiger partial charge in [-0.3, -0.25) is 4.90 Å². The van der Waals surface area contributed by atoms with Crippen molar-refractivity contribution in [3.8, 4) is 5.75 Å².